The standard InChI is InChI=1S/C12H20N2O2S/c1-8(2)11(12(15)16)17-7-10-5-6-14(13-10)9(3)4/h5-6,8-9,11H,7H2,1-4H3,(H,15,16). The molecule has 0 fully saturated rings. The van der Waals surface area contributed by atoms with Crippen LogP contribution in [0.1, 0.15) is 39.4 Å². The summed E-state index contributed by atoms with van der Waals surface area (Å²) in [5, 5.41) is 13.1. The van der Waals surface area contributed by atoms with Gasteiger partial charge in [0.05, 0.1) is 5.69 Å². The van der Waals surface area contributed by atoms with Crippen LogP contribution in [-0.4, -0.2) is 26.1 Å². The van der Waals surface area contributed by atoms with Gasteiger partial charge in [-0.25, -0.2) is 0 Å². The molecule has 0 aromatic carbocycles. The van der Waals surface area contributed by atoms with Crippen molar-refractivity contribution in [2.75, 3.05) is 0 Å². The summed E-state index contributed by atoms with van der Waals surface area (Å²) in [7, 11) is 0. The van der Waals surface area contributed by atoms with Crippen LogP contribution in [0.15, 0.2) is 12.3 Å². The number of carboxylic acids is 1. The first-order valence-corrected chi connectivity index (χ1v) is 6.85. The van der Waals surface area contributed by atoms with Crippen LogP contribution in [0, 0.1) is 5.92 Å². The van der Waals surface area contributed by atoms with Crippen LogP contribution >= 0.6 is 11.8 Å². The van der Waals surface area contributed by atoms with E-state index < -0.39 is 5.97 Å². The largest absolute Gasteiger partial charge is 0.480 e. The third-order valence-corrected chi connectivity index (χ3v) is 4.02. The number of nitrogens with zero attached hydrogens (tertiary/aromatic N) is 2. The lowest BCUT2D eigenvalue weighted by molar-refractivity contribution is -0.137. The van der Waals surface area contributed by atoms with Crippen molar-refractivity contribution in [2.45, 2.75) is 44.7 Å². The molecule has 0 amide bonds. The van der Waals surface area contributed by atoms with Gasteiger partial charge in [0.15, 0.2) is 0 Å². The minimum atomic E-state index is -0.742. The quantitative estimate of drug-likeness (QED) is 0.850. The Morgan fingerprint density at radius 3 is 2.53 bits per heavy atom. The molecule has 4 nitrogen and oxygen atoms in total. The Bertz CT molecular complexity index is 374. The lowest BCUT2D eigenvalue weighted by Crippen LogP contribution is -2.22. The SMILES string of the molecule is CC(C)C(SCc1ccn(C(C)C)n1)C(=O)O. The number of carbonyl (C=O) groups is 1. The minimum Gasteiger partial charge on any atom is -0.480 e. The predicted molar refractivity (Wildman–Crippen MR) is 70.2 cm³/mol. The average molecular weight is 256 g/mol. The normalized spacial score (nSPS) is 13.3. The second kappa shape index (κ2) is 6.10. The highest BCUT2D eigenvalue weighted by Crippen LogP contribution is 2.23. The van der Waals surface area contributed by atoms with Gasteiger partial charge in [0.2, 0.25) is 0 Å². The maximum atomic E-state index is 11.0. The van der Waals surface area contributed by atoms with Crippen molar-refractivity contribution in [3.8, 4) is 0 Å². The number of carboxylic acid groups (broad SMARTS) is 1. The molecule has 1 aromatic rings. The molecule has 1 heterocycles. The molecular formula is C12H20N2O2S. The van der Waals surface area contributed by atoms with E-state index in [-0.39, 0.29) is 11.2 Å². The fraction of sp³-hybridized carbons (Fsp3) is 0.667. The van der Waals surface area contributed by atoms with Crippen LogP contribution in [0.4, 0.5) is 0 Å². The highest BCUT2D eigenvalue weighted by molar-refractivity contribution is 7.99. The van der Waals surface area contributed by atoms with Gasteiger partial charge in [-0.2, -0.15) is 5.10 Å². The molecular weight excluding hydrogens is 236 g/mol. The van der Waals surface area contributed by atoms with Crippen LogP contribution in [0.3, 0.4) is 0 Å². The fourth-order valence-electron chi connectivity index (χ4n) is 1.47. The van der Waals surface area contributed by atoms with E-state index in [0.29, 0.717) is 11.8 Å². The molecule has 1 atom stereocenters. The summed E-state index contributed by atoms with van der Waals surface area (Å²) in [5.41, 5.74) is 0.940. The summed E-state index contributed by atoms with van der Waals surface area (Å²) in [6.45, 7) is 7.99. The van der Waals surface area contributed by atoms with Crippen LogP contribution < -0.4 is 0 Å². The summed E-state index contributed by atoms with van der Waals surface area (Å²) < 4.78 is 1.89. The van der Waals surface area contributed by atoms with Crippen molar-refractivity contribution in [2.24, 2.45) is 5.92 Å². The fourth-order valence-corrected chi connectivity index (χ4v) is 2.50. The zero-order valence-electron chi connectivity index (χ0n) is 10.8. The van der Waals surface area contributed by atoms with E-state index in [9.17, 15) is 4.79 Å². The van der Waals surface area contributed by atoms with E-state index >= 15 is 0 Å². The van der Waals surface area contributed by atoms with Gasteiger partial charge in [-0.3, -0.25) is 9.48 Å². The Morgan fingerprint density at radius 1 is 1.47 bits per heavy atom. The first-order valence-electron chi connectivity index (χ1n) is 5.80. The Kier molecular flexibility index (Phi) is 5.05. The van der Waals surface area contributed by atoms with E-state index in [1.807, 2.05) is 30.8 Å². The molecule has 0 saturated heterocycles. The van der Waals surface area contributed by atoms with Crippen molar-refractivity contribution in [3.63, 3.8) is 0 Å². The Labute approximate surface area is 106 Å². The third kappa shape index (κ3) is 4.07. The second-order valence-corrected chi connectivity index (χ2v) is 5.82. The molecule has 1 N–H and O–H groups in total. The molecule has 0 aliphatic carbocycles. The molecule has 0 aliphatic heterocycles. The van der Waals surface area contributed by atoms with Gasteiger partial charge in [0.1, 0.15) is 5.25 Å². The van der Waals surface area contributed by atoms with Crippen molar-refractivity contribution in [1.29, 1.82) is 0 Å². The van der Waals surface area contributed by atoms with Gasteiger partial charge in [-0.1, -0.05) is 13.8 Å². The van der Waals surface area contributed by atoms with E-state index in [4.69, 9.17) is 5.11 Å². The number of hydrogen-bond donors (Lipinski definition) is 1. The van der Waals surface area contributed by atoms with Crippen LogP contribution in [-0.2, 0) is 10.5 Å². The summed E-state index contributed by atoms with van der Waals surface area (Å²) in [6.07, 6.45) is 1.94. The van der Waals surface area contributed by atoms with Gasteiger partial charge in [-0.15, -0.1) is 11.8 Å². The molecule has 0 radical (unpaired) electrons. The van der Waals surface area contributed by atoms with Gasteiger partial charge in [0, 0.05) is 18.0 Å². The van der Waals surface area contributed by atoms with Gasteiger partial charge in [0.25, 0.3) is 0 Å². The number of aromatic nitrogens is 2. The smallest absolute Gasteiger partial charge is 0.316 e. The summed E-state index contributed by atoms with van der Waals surface area (Å²) in [5.74, 6) is 0.0347. The van der Waals surface area contributed by atoms with Gasteiger partial charge >= 0.3 is 5.97 Å². The van der Waals surface area contributed by atoms with Crippen molar-refractivity contribution in [3.05, 3.63) is 18.0 Å². The Hall–Kier alpha value is -0.970. The highest BCUT2D eigenvalue weighted by Gasteiger charge is 2.22. The first kappa shape index (κ1) is 14.1. The molecule has 0 bridgehead atoms. The zero-order valence-corrected chi connectivity index (χ0v) is 11.6. The lowest BCUT2D eigenvalue weighted by atomic mass is 10.1. The predicted octanol–water partition coefficient (Wildman–Crippen LogP) is 2.81. The highest BCUT2D eigenvalue weighted by atomic mass is 32.2. The maximum Gasteiger partial charge on any atom is 0.316 e. The van der Waals surface area contributed by atoms with E-state index in [2.05, 4.69) is 18.9 Å². The Morgan fingerprint density at radius 2 is 2.12 bits per heavy atom. The first-order chi connectivity index (χ1) is 7.91. The molecule has 1 aromatic heterocycles. The van der Waals surface area contributed by atoms with Gasteiger partial charge < -0.3 is 5.11 Å². The zero-order chi connectivity index (χ0) is 13.0. The number of thioether (sulfide) groups is 1. The molecule has 17 heavy (non-hydrogen) atoms. The topological polar surface area (TPSA) is 55.1 Å². The number of aliphatic carboxylic acids is 1. The molecule has 5 heteroatoms. The van der Waals surface area contributed by atoms with Crippen LogP contribution in [0.5, 0.6) is 0 Å². The summed E-state index contributed by atoms with van der Waals surface area (Å²) >= 11 is 1.44. The molecule has 0 spiro atoms. The van der Waals surface area contributed by atoms with Crippen LogP contribution in [0.25, 0.3) is 0 Å². The lowest BCUT2D eigenvalue weighted by Gasteiger charge is -2.14. The number of rotatable bonds is 6. The van der Waals surface area contributed by atoms with Gasteiger partial charge in [-0.05, 0) is 25.8 Å². The molecule has 0 saturated carbocycles. The minimum absolute atomic E-state index is 0.129. The van der Waals surface area contributed by atoms with E-state index in [1.54, 1.807) is 0 Å². The van der Waals surface area contributed by atoms with E-state index in [1.165, 1.54) is 11.8 Å². The second-order valence-electron chi connectivity index (χ2n) is 4.69. The van der Waals surface area contributed by atoms with Crippen LogP contribution in [0.2, 0.25) is 0 Å². The summed E-state index contributed by atoms with van der Waals surface area (Å²) in [6, 6.07) is 2.29. The third-order valence-electron chi connectivity index (χ3n) is 2.45. The Balaban J connectivity index is 2.56. The van der Waals surface area contributed by atoms with E-state index in [0.717, 1.165) is 5.69 Å². The van der Waals surface area contributed by atoms with Crippen molar-refractivity contribution >= 4 is 17.7 Å². The van der Waals surface area contributed by atoms with Crippen molar-refractivity contribution < 1.29 is 9.90 Å². The molecule has 96 valence electrons. The van der Waals surface area contributed by atoms with Crippen molar-refractivity contribution in [1.82, 2.24) is 9.78 Å². The molecule has 0 aliphatic rings. The molecule has 1 unspecified atom stereocenters. The maximum absolute atomic E-state index is 11.0. The summed E-state index contributed by atoms with van der Waals surface area (Å²) in [4.78, 5) is 11.0. The average Bonchev–Trinajstić information content (AvgIpc) is 2.65. The number of hydrogen-bond acceptors (Lipinski definition) is 3. The molecule has 1 rings (SSSR count). The monoisotopic (exact) mass is 256 g/mol.